The molecule has 0 fully saturated rings. The Balaban J connectivity index is 1.65. The van der Waals surface area contributed by atoms with Crippen molar-refractivity contribution < 1.29 is 4.79 Å². The first-order valence-corrected chi connectivity index (χ1v) is 12.7. The summed E-state index contributed by atoms with van der Waals surface area (Å²) >= 11 is 1.45. The first-order valence-electron chi connectivity index (χ1n) is 11.7. The molecule has 0 bridgehead atoms. The minimum absolute atomic E-state index is 0.0222. The maximum atomic E-state index is 13.5. The first kappa shape index (κ1) is 23.9. The van der Waals surface area contributed by atoms with Gasteiger partial charge in [-0.1, -0.05) is 49.7 Å². The zero-order valence-corrected chi connectivity index (χ0v) is 20.2. The number of thioether (sulfide) groups is 1. The number of hydrogen-bond donors (Lipinski definition) is 2. The highest BCUT2D eigenvalue weighted by Gasteiger charge is 2.25. The molecule has 2 aromatic carbocycles. The van der Waals surface area contributed by atoms with Gasteiger partial charge < -0.3 is 5.73 Å². The number of benzene rings is 2. The minimum atomic E-state index is -0.651. The number of nitrogens with zero attached hydrogens (tertiary/aromatic N) is 2. The molecule has 178 valence electrons. The minimum Gasteiger partial charge on any atom is -0.383 e. The maximum absolute atomic E-state index is 13.5. The van der Waals surface area contributed by atoms with Gasteiger partial charge >= 0.3 is 5.69 Å². The standard InChI is InChI=1S/C26H30N4O3S/c1-2-3-14-29-24(27)23(25(32)28-26(29)33)30(16-18-8-5-4-6-9-18)22(31)17-34-21-13-12-19-10-7-11-20(19)15-21/h4-6,8-9,12-13,15H,2-3,7,10-11,14,16-17,27H2,1H3,(H,28,32,33). The molecule has 1 heterocycles. The van der Waals surface area contributed by atoms with Crippen LogP contribution in [-0.2, 0) is 30.7 Å². The number of rotatable bonds is 9. The zero-order valence-electron chi connectivity index (χ0n) is 19.4. The van der Waals surface area contributed by atoms with E-state index in [1.54, 1.807) is 0 Å². The number of nitrogen functional groups attached to an aromatic ring is 1. The van der Waals surface area contributed by atoms with Crippen LogP contribution in [0.25, 0.3) is 0 Å². The zero-order chi connectivity index (χ0) is 24.1. The fraction of sp³-hybridized carbons (Fsp3) is 0.346. The molecule has 1 aliphatic carbocycles. The van der Waals surface area contributed by atoms with Crippen molar-refractivity contribution >= 4 is 29.2 Å². The van der Waals surface area contributed by atoms with Crippen LogP contribution in [0.4, 0.5) is 11.5 Å². The number of fused-ring (bicyclic) bond motifs is 1. The van der Waals surface area contributed by atoms with Gasteiger partial charge in [0, 0.05) is 11.4 Å². The summed E-state index contributed by atoms with van der Waals surface area (Å²) < 4.78 is 1.35. The summed E-state index contributed by atoms with van der Waals surface area (Å²) in [6.07, 6.45) is 4.95. The fourth-order valence-electron chi connectivity index (χ4n) is 4.30. The summed E-state index contributed by atoms with van der Waals surface area (Å²) in [7, 11) is 0. The lowest BCUT2D eigenvalue weighted by atomic mass is 10.1. The van der Waals surface area contributed by atoms with Gasteiger partial charge in [-0.05, 0) is 54.5 Å². The molecule has 3 N–H and O–H groups in total. The first-order chi connectivity index (χ1) is 16.5. The molecule has 0 unspecified atom stereocenters. The number of aromatic nitrogens is 2. The van der Waals surface area contributed by atoms with Gasteiger partial charge in [0.1, 0.15) is 5.82 Å². The number of H-pyrrole nitrogens is 1. The molecule has 3 aromatic rings. The van der Waals surface area contributed by atoms with Gasteiger partial charge in [-0.15, -0.1) is 11.8 Å². The van der Waals surface area contributed by atoms with Crippen molar-refractivity contribution in [3.05, 3.63) is 86.1 Å². The molecule has 1 amide bonds. The largest absolute Gasteiger partial charge is 0.383 e. The number of unbranched alkanes of at least 4 members (excludes halogenated alkanes) is 1. The van der Waals surface area contributed by atoms with Gasteiger partial charge in [-0.3, -0.25) is 24.0 Å². The number of nitrogens with two attached hydrogens (primary N) is 1. The molecule has 0 spiro atoms. The van der Waals surface area contributed by atoms with Gasteiger partial charge in [0.25, 0.3) is 5.56 Å². The normalized spacial score (nSPS) is 12.5. The molecule has 0 atom stereocenters. The molecule has 1 aromatic heterocycles. The lowest BCUT2D eigenvalue weighted by Gasteiger charge is -2.24. The number of amides is 1. The van der Waals surface area contributed by atoms with E-state index in [2.05, 4.69) is 23.2 Å². The van der Waals surface area contributed by atoms with E-state index in [4.69, 9.17) is 5.73 Å². The van der Waals surface area contributed by atoms with Crippen molar-refractivity contribution in [2.24, 2.45) is 0 Å². The Bertz CT molecular complexity index is 1280. The van der Waals surface area contributed by atoms with Crippen molar-refractivity contribution in [1.29, 1.82) is 0 Å². The van der Waals surface area contributed by atoms with Crippen LogP contribution in [0.5, 0.6) is 0 Å². The van der Waals surface area contributed by atoms with Crippen LogP contribution in [0.3, 0.4) is 0 Å². The van der Waals surface area contributed by atoms with Crippen LogP contribution >= 0.6 is 11.8 Å². The third kappa shape index (κ3) is 5.28. The van der Waals surface area contributed by atoms with E-state index in [0.29, 0.717) is 6.54 Å². The van der Waals surface area contributed by atoms with Crippen LogP contribution < -0.4 is 21.9 Å². The molecule has 0 aliphatic heterocycles. The Labute approximate surface area is 203 Å². The fourth-order valence-corrected chi connectivity index (χ4v) is 5.13. The lowest BCUT2D eigenvalue weighted by Crippen LogP contribution is -2.41. The SMILES string of the molecule is CCCCn1c(N)c(N(Cc2ccccc2)C(=O)CSc2ccc3c(c2)CCC3)c(=O)[nH]c1=O. The second kappa shape index (κ2) is 10.8. The number of carbonyl (C=O) groups is 1. The molecular formula is C26H30N4O3S. The summed E-state index contributed by atoms with van der Waals surface area (Å²) in [4.78, 5) is 43.5. The highest BCUT2D eigenvalue weighted by Crippen LogP contribution is 2.28. The smallest absolute Gasteiger partial charge is 0.330 e. The highest BCUT2D eigenvalue weighted by atomic mass is 32.2. The molecule has 0 saturated carbocycles. The van der Waals surface area contributed by atoms with Crippen molar-refractivity contribution in [3.63, 3.8) is 0 Å². The van der Waals surface area contributed by atoms with Crippen LogP contribution in [-0.4, -0.2) is 21.2 Å². The van der Waals surface area contributed by atoms with Crippen LogP contribution in [0.1, 0.15) is 42.9 Å². The average molecular weight is 479 g/mol. The lowest BCUT2D eigenvalue weighted by molar-refractivity contribution is -0.116. The van der Waals surface area contributed by atoms with E-state index in [9.17, 15) is 14.4 Å². The van der Waals surface area contributed by atoms with Gasteiger partial charge in [0.15, 0.2) is 5.69 Å². The van der Waals surface area contributed by atoms with Crippen molar-refractivity contribution in [2.75, 3.05) is 16.4 Å². The van der Waals surface area contributed by atoms with E-state index in [1.807, 2.05) is 37.3 Å². The summed E-state index contributed by atoms with van der Waals surface area (Å²) in [6, 6.07) is 15.8. The molecule has 0 radical (unpaired) electrons. The predicted molar refractivity (Wildman–Crippen MR) is 137 cm³/mol. The predicted octanol–water partition coefficient (Wildman–Crippen LogP) is 3.73. The van der Waals surface area contributed by atoms with E-state index in [0.717, 1.165) is 36.1 Å². The van der Waals surface area contributed by atoms with Crippen LogP contribution in [0.15, 0.2) is 63.0 Å². The van der Waals surface area contributed by atoms with Gasteiger partial charge in [0.2, 0.25) is 5.91 Å². The summed E-state index contributed by atoms with van der Waals surface area (Å²) in [5.41, 5.74) is 8.75. The number of carbonyl (C=O) groups excluding carboxylic acids is 1. The topological polar surface area (TPSA) is 101 Å². The number of nitrogens with one attached hydrogen (secondary N) is 1. The van der Waals surface area contributed by atoms with E-state index < -0.39 is 11.2 Å². The van der Waals surface area contributed by atoms with Crippen LogP contribution in [0.2, 0.25) is 0 Å². The Kier molecular flexibility index (Phi) is 7.57. The molecule has 4 rings (SSSR count). The van der Waals surface area contributed by atoms with Crippen molar-refractivity contribution in [3.8, 4) is 0 Å². The van der Waals surface area contributed by atoms with Gasteiger partial charge in [-0.25, -0.2) is 4.79 Å². The second-order valence-corrected chi connectivity index (χ2v) is 9.59. The summed E-state index contributed by atoms with van der Waals surface area (Å²) in [5, 5.41) is 0. The molecule has 34 heavy (non-hydrogen) atoms. The Morgan fingerprint density at radius 3 is 2.65 bits per heavy atom. The van der Waals surface area contributed by atoms with Gasteiger partial charge in [0.05, 0.1) is 12.3 Å². The number of aromatic amines is 1. The maximum Gasteiger partial charge on any atom is 0.330 e. The Hall–Kier alpha value is -3.26. The number of anilines is 2. The third-order valence-corrected chi connectivity index (χ3v) is 7.11. The quantitative estimate of drug-likeness (QED) is 0.456. The summed E-state index contributed by atoms with van der Waals surface area (Å²) in [5.74, 6) is -0.0697. The second-order valence-electron chi connectivity index (χ2n) is 8.54. The molecule has 1 aliphatic rings. The van der Waals surface area contributed by atoms with E-state index in [-0.39, 0.29) is 29.7 Å². The van der Waals surface area contributed by atoms with E-state index in [1.165, 1.54) is 38.8 Å². The Morgan fingerprint density at radius 1 is 1.12 bits per heavy atom. The van der Waals surface area contributed by atoms with Crippen molar-refractivity contribution in [2.45, 2.75) is 57.0 Å². The Morgan fingerprint density at radius 2 is 1.88 bits per heavy atom. The third-order valence-electron chi connectivity index (χ3n) is 6.14. The number of hydrogen-bond acceptors (Lipinski definition) is 5. The molecule has 8 heteroatoms. The van der Waals surface area contributed by atoms with Gasteiger partial charge in [-0.2, -0.15) is 0 Å². The summed E-state index contributed by atoms with van der Waals surface area (Å²) in [6.45, 7) is 2.57. The number of aryl methyl sites for hydroxylation is 2. The molecule has 0 saturated heterocycles. The van der Waals surface area contributed by atoms with Crippen molar-refractivity contribution in [1.82, 2.24) is 9.55 Å². The molecular weight excluding hydrogens is 448 g/mol. The van der Waals surface area contributed by atoms with E-state index >= 15 is 0 Å². The monoisotopic (exact) mass is 478 g/mol. The highest BCUT2D eigenvalue weighted by molar-refractivity contribution is 8.00. The molecule has 7 nitrogen and oxygen atoms in total. The van der Waals surface area contributed by atoms with Crippen LogP contribution in [0, 0.1) is 0 Å². The average Bonchev–Trinajstić information content (AvgIpc) is 3.30.